The van der Waals surface area contributed by atoms with E-state index in [0.29, 0.717) is 0 Å². The Morgan fingerprint density at radius 3 is 2.75 bits per heavy atom. The summed E-state index contributed by atoms with van der Waals surface area (Å²) in [6.45, 7) is 2.69. The van der Waals surface area contributed by atoms with E-state index in [1.807, 2.05) is 6.92 Å². The van der Waals surface area contributed by atoms with Crippen LogP contribution in [0.25, 0.3) is 0 Å². The highest BCUT2D eigenvalue weighted by atomic mass is 16.7. The predicted octanol–water partition coefficient (Wildman–Crippen LogP) is 1.47. The molecule has 0 spiro atoms. The second-order valence-corrected chi connectivity index (χ2v) is 4.15. The molecule has 1 aliphatic heterocycles. The van der Waals surface area contributed by atoms with Crippen molar-refractivity contribution in [3.05, 3.63) is 11.8 Å². The van der Waals surface area contributed by atoms with Crippen LogP contribution in [-0.2, 0) is 14.3 Å². The molecule has 0 aromatic carbocycles. The van der Waals surface area contributed by atoms with Crippen molar-refractivity contribution in [1.29, 1.82) is 0 Å². The molecule has 0 aromatic heterocycles. The Bertz CT molecular complexity index is 259. The summed E-state index contributed by atoms with van der Waals surface area (Å²) in [6, 6.07) is 0. The van der Waals surface area contributed by atoms with Crippen molar-refractivity contribution in [3.8, 4) is 0 Å². The van der Waals surface area contributed by atoms with Crippen LogP contribution in [0.1, 0.15) is 26.2 Å². The number of allylic oxidation sites excluding steroid dienone is 2. The number of carbonyl (C=O) groups is 1. The summed E-state index contributed by atoms with van der Waals surface area (Å²) in [5.74, 6) is 0.332. The second-order valence-electron chi connectivity index (χ2n) is 4.15. The number of ketones is 1. The first-order valence-electron chi connectivity index (χ1n) is 5.71. The quantitative estimate of drug-likeness (QED) is 0.698. The average molecular weight is 227 g/mol. The summed E-state index contributed by atoms with van der Waals surface area (Å²) in [5, 5.41) is 3.27. The Hall–Kier alpha value is -0.870. The summed E-state index contributed by atoms with van der Waals surface area (Å²) < 4.78 is 10.2. The standard InChI is InChI=1S/C12H21NO3/c1-9-8-13-10(7-11(9)14)5-4-6-12(15-2)16-3/h7,9,12-13H,4-6,8H2,1-3H3. The summed E-state index contributed by atoms with van der Waals surface area (Å²) >= 11 is 0. The monoisotopic (exact) mass is 227 g/mol. The molecule has 0 fully saturated rings. The van der Waals surface area contributed by atoms with Crippen molar-refractivity contribution in [2.24, 2.45) is 5.92 Å². The van der Waals surface area contributed by atoms with Gasteiger partial charge in [-0.2, -0.15) is 0 Å². The number of hydrogen-bond acceptors (Lipinski definition) is 4. The minimum Gasteiger partial charge on any atom is -0.388 e. The van der Waals surface area contributed by atoms with Crippen molar-refractivity contribution in [3.63, 3.8) is 0 Å². The second kappa shape index (κ2) is 6.66. The molecule has 0 bridgehead atoms. The average Bonchev–Trinajstić information content (AvgIpc) is 2.29. The lowest BCUT2D eigenvalue weighted by molar-refractivity contribution is -0.118. The molecule has 0 saturated heterocycles. The molecule has 92 valence electrons. The van der Waals surface area contributed by atoms with Crippen LogP contribution in [0.3, 0.4) is 0 Å². The number of carbonyl (C=O) groups excluding carboxylic acids is 1. The molecular formula is C12H21NO3. The molecule has 1 heterocycles. The fourth-order valence-electron chi connectivity index (χ4n) is 1.70. The van der Waals surface area contributed by atoms with Crippen molar-refractivity contribution in [2.45, 2.75) is 32.5 Å². The first kappa shape index (κ1) is 13.2. The SMILES string of the molecule is COC(CCCC1=CC(=O)C(C)CN1)OC. The maximum atomic E-state index is 11.4. The molecule has 4 nitrogen and oxygen atoms in total. The van der Waals surface area contributed by atoms with Gasteiger partial charge in [0.05, 0.1) is 0 Å². The highest BCUT2D eigenvalue weighted by molar-refractivity contribution is 5.93. The molecule has 0 amide bonds. The Kier molecular flexibility index (Phi) is 5.49. The van der Waals surface area contributed by atoms with E-state index in [1.165, 1.54) is 0 Å². The first-order valence-corrected chi connectivity index (χ1v) is 5.71. The molecule has 0 saturated carbocycles. The third-order valence-electron chi connectivity index (χ3n) is 2.85. The van der Waals surface area contributed by atoms with Gasteiger partial charge in [-0.3, -0.25) is 4.79 Å². The highest BCUT2D eigenvalue weighted by Crippen LogP contribution is 2.14. The van der Waals surface area contributed by atoms with Gasteiger partial charge in [0.2, 0.25) is 0 Å². The Morgan fingerprint density at radius 2 is 2.19 bits per heavy atom. The third kappa shape index (κ3) is 3.94. The molecule has 0 radical (unpaired) electrons. The first-order chi connectivity index (χ1) is 7.67. The molecule has 4 heteroatoms. The molecule has 0 aromatic rings. The van der Waals surface area contributed by atoms with E-state index in [0.717, 1.165) is 31.5 Å². The van der Waals surface area contributed by atoms with Crippen LogP contribution < -0.4 is 5.32 Å². The molecule has 16 heavy (non-hydrogen) atoms. The Morgan fingerprint density at radius 1 is 1.50 bits per heavy atom. The summed E-state index contributed by atoms with van der Waals surface area (Å²) in [7, 11) is 3.27. The van der Waals surface area contributed by atoms with Crippen LogP contribution in [0.2, 0.25) is 0 Å². The van der Waals surface area contributed by atoms with Crippen LogP contribution in [0.4, 0.5) is 0 Å². The molecule has 1 aliphatic rings. The molecule has 1 rings (SSSR count). The summed E-state index contributed by atoms with van der Waals surface area (Å²) in [5.41, 5.74) is 1.04. The maximum Gasteiger partial charge on any atom is 0.161 e. The fourth-order valence-corrected chi connectivity index (χ4v) is 1.70. The van der Waals surface area contributed by atoms with E-state index in [-0.39, 0.29) is 18.0 Å². The fraction of sp³-hybridized carbons (Fsp3) is 0.750. The summed E-state index contributed by atoms with van der Waals surface area (Å²) in [4.78, 5) is 11.4. The van der Waals surface area contributed by atoms with Crippen LogP contribution in [0, 0.1) is 5.92 Å². The van der Waals surface area contributed by atoms with E-state index in [9.17, 15) is 4.79 Å². The van der Waals surface area contributed by atoms with Crippen LogP contribution in [-0.4, -0.2) is 32.8 Å². The molecule has 1 N–H and O–H groups in total. The van der Waals surface area contributed by atoms with Gasteiger partial charge in [-0.1, -0.05) is 6.92 Å². The number of rotatable bonds is 6. The van der Waals surface area contributed by atoms with Gasteiger partial charge in [0.1, 0.15) is 0 Å². The van der Waals surface area contributed by atoms with Crippen LogP contribution in [0.5, 0.6) is 0 Å². The van der Waals surface area contributed by atoms with Gasteiger partial charge in [-0.15, -0.1) is 0 Å². The van der Waals surface area contributed by atoms with E-state index in [4.69, 9.17) is 9.47 Å². The zero-order chi connectivity index (χ0) is 12.0. The Balaban J connectivity index is 2.28. The number of ether oxygens (including phenoxy) is 2. The number of methoxy groups -OCH3 is 2. The predicted molar refractivity (Wildman–Crippen MR) is 61.9 cm³/mol. The minimum atomic E-state index is -0.140. The molecule has 1 atom stereocenters. The van der Waals surface area contributed by atoms with E-state index < -0.39 is 0 Å². The van der Waals surface area contributed by atoms with E-state index >= 15 is 0 Å². The zero-order valence-corrected chi connectivity index (χ0v) is 10.3. The van der Waals surface area contributed by atoms with Crippen molar-refractivity contribution < 1.29 is 14.3 Å². The normalized spacial score (nSPS) is 20.9. The van der Waals surface area contributed by atoms with Crippen molar-refractivity contribution in [2.75, 3.05) is 20.8 Å². The topological polar surface area (TPSA) is 47.6 Å². The number of nitrogens with one attached hydrogen (secondary N) is 1. The molecular weight excluding hydrogens is 206 g/mol. The van der Waals surface area contributed by atoms with Crippen LogP contribution >= 0.6 is 0 Å². The van der Waals surface area contributed by atoms with Gasteiger partial charge in [-0.05, 0) is 19.3 Å². The smallest absolute Gasteiger partial charge is 0.161 e. The third-order valence-corrected chi connectivity index (χ3v) is 2.85. The number of hydrogen-bond donors (Lipinski definition) is 1. The van der Waals surface area contributed by atoms with E-state index in [2.05, 4.69) is 5.32 Å². The van der Waals surface area contributed by atoms with Gasteiger partial charge >= 0.3 is 0 Å². The van der Waals surface area contributed by atoms with Gasteiger partial charge in [0.15, 0.2) is 12.1 Å². The van der Waals surface area contributed by atoms with Gasteiger partial charge < -0.3 is 14.8 Å². The zero-order valence-electron chi connectivity index (χ0n) is 10.3. The van der Waals surface area contributed by atoms with Gasteiger partial charge in [0.25, 0.3) is 0 Å². The van der Waals surface area contributed by atoms with Gasteiger partial charge in [0, 0.05) is 38.5 Å². The van der Waals surface area contributed by atoms with E-state index in [1.54, 1.807) is 20.3 Å². The highest BCUT2D eigenvalue weighted by Gasteiger charge is 2.17. The molecule has 1 unspecified atom stereocenters. The maximum absolute atomic E-state index is 11.4. The largest absolute Gasteiger partial charge is 0.388 e. The minimum absolute atomic E-state index is 0.106. The Labute approximate surface area is 97.0 Å². The molecule has 0 aliphatic carbocycles. The van der Waals surface area contributed by atoms with Crippen LogP contribution in [0.15, 0.2) is 11.8 Å². The lowest BCUT2D eigenvalue weighted by atomic mass is 10.00. The lowest BCUT2D eigenvalue weighted by Gasteiger charge is -2.20. The van der Waals surface area contributed by atoms with Gasteiger partial charge in [-0.25, -0.2) is 0 Å². The van der Waals surface area contributed by atoms with Crippen molar-refractivity contribution in [1.82, 2.24) is 5.32 Å². The summed E-state index contributed by atoms with van der Waals surface area (Å²) in [6.07, 6.45) is 4.26. The van der Waals surface area contributed by atoms with Crippen molar-refractivity contribution >= 4 is 5.78 Å². The lowest BCUT2D eigenvalue weighted by Crippen LogP contribution is -2.31.